The minimum atomic E-state index is -0.0363. The van der Waals surface area contributed by atoms with E-state index in [0.29, 0.717) is 5.22 Å². The van der Waals surface area contributed by atoms with Crippen LogP contribution in [0.15, 0.2) is 45.3 Å². The fraction of sp³-hybridized carbons (Fsp3) is 0.200. The van der Waals surface area contributed by atoms with Crippen molar-refractivity contribution in [1.82, 2.24) is 9.97 Å². The molecule has 2 aromatic heterocycles. The Morgan fingerprint density at radius 1 is 1.40 bits per heavy atom. The molecule has 0 aliphatic rings. The van der Waals surface area contributed by atoms with E-state index in [1.165, 1.54) is 11.8 Å². The highest BCUT2D eigenvalue weighted by molar-refractivity contribution is 7.99. The van der Waals surface area contributed by atoms with Crippen molar-refractivity contribution in [3.8, 4) is 0 Å². The summed E-state index contributed by atoms with van der Waals surface area (Å²) in [6, 6.07) is 3.84. The highest BCUT2D eigenvalue weighted by atomic mass is 32.2. The molecule has 1 unspecified atom stereocenters. The number of aromatic nitrogens is 2. The normalized spacial score (nSPS) is 12.7. The molecular formula is C10H11N3OS. The van der Waals surface area contributed by atoms with Gasteiger partial charge in [-0.2, -0.15) is 0 Å². The first-order valence-electron chi connectivity index (χ1n) is 4.54. The van der Waals surface area contributed by atoms with Crippen LogP contribution in [-0.2, 0) is 0 Å². The lowest BCUT2D eigenvalue weighted by Crippen LogP contribution is -2.06. The SMILES string of the molecule is CC(N)c1ccc(Sc2ncco2)cn1. The molecule has 4 nitrogen and oxygen atoms in total. The molecule has 78 valence electrons. The largest absolute Gasteiger partial charge is 0.440 e. The molecule has 0 aliphatic carbocycles. The molecule has 1 atom stereocenters. The average Bonchev–Trinajstić information content (AvgIpc) is 2.71. The molecule has 2 aromatic rings. The summed E-state index contributed by atoms with van der Waals surface area (Å²) in [5.41, 5.74) is 6.58. The van der Waals surface area contributed by atoms with Gasteiger partial charge in [0.25, 0.3) is 5.22 Å². The van der Waals surface area contributed by atoms with E-state index in [1.807, 2.05) is 19.1 Å². The van der Waals surface area contributed by atoms with Crippen LogP contribution >= 0.6 is 11.8 Å². The molecule has 0 saturated carbocycles. The van der Waals surface area contributed by atoms with E-state index < -0.39 is 0 Å². The van der Waals surface area contributed by atoms with Crippen molar-refractivity contribution in [2.45, 2.75) is 23.1 Å². The van der Waals surface area contributed by atoms with E-state index in [9.17, 15) is 0 Å². The van der Waals surface area contributed by atoms with E-state index in [1.54, 1.807) is 18.7 Å². The van der Waals surface area contributed by atoms with Gasteiger partial charge in [0, 0.05) is 17.1 Å². The Kier molecular flexibility index (Phi) is 3.03. The highest BCUT2D eigenvalue weighted by Crippen LogP contribution is 2.25. The lowest BCUT2D eigenvalue weighted by atomic mass is 10.2. The lowest BCUT2D eigenvalue weighted by molar-refractivity contribution is 0.454. The predicted molar refractivity (Wildman–Crippen MR) is 57.5 cm³/mol. The lowest BCUT2D eigenvalue weighted by Gasteiger charge is -2.04. The molecule has 0 fully saturated rings. The third-order valence-electron chi connectivity index (χ3n) is 1.84. The van der Waals surface area contributed by atoms with Gasteiger partial charge in [-0.15, -0.1) is 0 Å². The van der Waals surface area contributed by atoms with Crippen LogP contribution in [0.1, 0.15) is 18.7 Å². The van der Waals surface area contributed by atoms with Crippen molar-refractivity contribution in [3.05, 3.63) is 36.5 Å². The minimum Gasteiger partial charge on any atom is -0.440 e. The van der Waals surface area contributed by atoms with Crippen LogP contribution in [0.2, 0.25) is 0 Å². The molecule has 15 heavy (non-hydrogen) atoms. The number of hydrogen-bond acceptors (Lipinski definition) is 5. The monoisotopic (exact) mass is 221 g/mol. The highest BCUT2D eigenvalue weighted by Gasteiger charge is 2.04. The van der Waals surface area contributed by atoms with Gasteiger partial charge in [0.15, 0.2) is 0 Å². The first kappa shape index (κ1) is 10.2. The summed E-state index contributed by atoms with van der Waals surface area (Å²) in [7, 11) is 0. The summed E-state index contributed by atoms with van der Waals surface area (Å²) in [5, 5.41) is 0.616. The number of nitrogens with two attached hydrogens (primary N) is 1. The molecule has 0 radical (unpaired) electrons. The Morgan fingerprint density at radius 2 is 2.27 bits per heavy atom. The van der Waals surface area contributed by atoms with Crippen LogP contribution in [0.3, 0.4) is 0 Å². The maximum absolute atomic E-state index is 5.70. The number of pyridine rings is 1. The Morgan fingerprint density at radius 3 is 2.80 bits per heavy atom. The van der Waals surface area contributed by atoms with Crippen LogP contribution in [0.25, 0.3) is 0 Å². The van der Waals surface area contributed by atoms with Crippen molar-refractivity contribution < 1.29 is 4.42 Å². The minimum absolute atomic E-state index is 0.0363. The van der Waals surface area contributed by atoms with Gasteiger partial charge in [-0.25, -0.2) is 4.98 Å². The number of oxazole rings is 1. The second-order valence-corrected chi connectivity index (χ2v) is 4.13. The number of nitrogens with zero attached hydrogens (tertiary/aromatic N) is 2. The van der Waals surface area contributed by atoms with Crippen molar-refractivity contribution in [1.29, 1.82) is 0 Å². The zero-order chi connectivity index (χ0) is 10.7. The zero-order valence-electron chi connectivity index (χ0n) is 8.25. The molecule has 0 aromatic carbocycles. The number of hydrogen-bond donors (Lipinski definition) is 1. The first-order chi connectivity index (χ1) is 7.25. The zero-order valence-corrected chi connectivity index (χ0v) is 9.07. The van der Waals surface area contributed by atoms with Gasteiger partial charge in [0.05, 0.1) is 11.9 Å². The second kappa shape index (κ2) is 4.46. The van der Waals surface area contributed by atoms with Gasteiger partial charge < -0.3 is 10.2 Å². The fourth-order valence-electron chi connectivity index (χ4n) is 1.08. The van der Waals surface area contributed by atoms with Gasteiger partial charge in [0.1, 0.15) is 6.26 Å². The summed E-state index contributed by atoms with van der Waals surface area (Å²) < 4.78 is 5.11. The molecule has 2 rings (SSSR count). The molecule has 0 saturated heterocycles. The second-order valence-electron chi connectivity index (χ2n) is 3.11. The van der Waals surface area contributed by atoms with Crippen molar-refractivity contribution in [2.24, 2.45) is 5.73 Å². The van der Waals surface area contributed by atoms with Crippen LogP contribution in [0, 0.1) is 0 Å². The quantitative estimate of drug-likeness (QED) is 0.861. The van der Waals surface area contributed by atoms with Crippen LogP contribution in [-0.4, -0.2) is 9.97 Å². The molecular weight excluding hydrogens is 210 g/mol. The molecule has 0 aliphatic heterocycles. The molecule has 0 bridgehead atoms. The van der Waals surface area contributed by atoms with Crippen molar-refractivity contribution >= 4 is 11.8 Å². The van der Waals surface area contributed by atoms with Gasteiger partial charge in [-0.05, 0) is 30.8 Å². The smallest absolute Gasteiger partial charge is 0.260 e. The van der Waals surface area contributed by atoms with Crippen LogP contribution < -0.4 is 5.73 Å². The maximum atomic E-state index is 5.70. The van der Waals surface area contributed by atoms with Crippen molar-refractivity contribution in [3.63, 3.8) is 0 Å². The summed E-state index contributed by atoms with van der Waals surface area (Å²) >= 11 is 1.43. The Balaban J connectivity index is 2.11. The van der Waals surface area contributed by atoms with E-state index in [0.717, 1.165) is 10.6 Å². The predicted octanol–water partition coefficient (Wildman–Crippen LogP) is 2.24. The van der Waals surface area contributed by atoms with E-state index in [4.69, 9.17) is 10.2 Å². The van der Waals surface area contributed by atoms with E-state index in [-0.39, 0.29) is 6.04 Å². The first-order valence-corrected chi connectivity index (χ1v) is 5.36. The average molecular weight is 221 g/mol. The Bertz CT molecular complexity index is 411. The van der Waals surface area contributed by atoms with Gasteiger partial charge in [-0.3, -0.25) is 4.98 Å². The maximum Gasteiger partial charge on any atom is 0.260 e. The summed E-state index contributed by atoms with van der Waals surface area (Å²) in [5.74, 6) is 0. The van der Waals surface area contributed by atoms with Crippen LogP contribution in [0.4, 0.5) is 0 Å². The van der Waals surface area contributed by atoms with Gasteiger partial charge >= 0.3 is 0 Å². The molecule has 0 spiro atoms. The summed E-state index contributed by atoms with van der Waals surface area (Å²) in [6.45, 7) is 1.91. The van der Waals surface area contributed by atoms with E-state index in [2.05, 4.69) is 9.97 Å². The fourth-order valence-corrected chi connectivity index (χ4v) is 1.74. The number of rotatable bonds is 3. The van der Waals surface area contributed by atoms with Crippen molar-refractivity contribution in [2.75, 3.05) is 0 Å². The van der Waals surface area contributed by atoms with Crippen LogP contribution in [0.5, 0.6) is 0 Å². The third-order valence-corrected chi connectivity index (χ3v) is 2.69. The summed E-state index contributed by atoms with van der Waals surface area (Å²) in [6.07, 6.45) is 4.94. The van der Waals surface area contributed by atoms with E-state index >= 15 is 0 Å². The topological polar surface area (TPSA) is 64.9 Å². The molecule has 2 heterocycles. The third kappa shape index (κ3) is 2.57. The van der Waals surface area contributed by atoms with Gasteiger partial charge in [0.2, 0.25) is 0 Å². The molecule has 2 N–H and O–H groups in total. The van der Waals surface area contributed by atoms with Gasteiger partial charge in [-0.1, -0.05) is 0 Å². The standard InChI is InChI=1S/C10H11N3OS/c1-7(11)9-3-2-8(6-13-9)15-10-12-4-5-14-10/h2-7H,11H2,1H3. The Labute approximate surface area is 91.9 Å². The Hall–Kier alpha value is -1.33. The summed E-state index contributed by atoms with van der Waals surface area (Å²) in [4.78, 5) is 9.24. The molecule has 0 amide bonds. The molecule has 5 heteroatoms.